The summed E-state index contributed by atoms with van der Waals surface area (Å²) in [6, 6.07) is 1.59. The minimum atomic E-state index is 0.655. The Morgan fingerprint density at radius 2 is 2.33 bits per heavy atom. The molecule has 0 aliphatic rings. The van der Waals surface area contributed by atoms with E-state index in [4.69, 9.17) is 5.73 Å². The summed E-state index contributed by atoms with van der Waals surface area (Å²) in [5.74, 6) is 0. The van der Waals surface area contributed by atoms with Gasteiger partial charge in [0.2, 0.25) is 0 Å². The fraction of sp³-hybridized carbons (Fsp3) is 0.167. The number of aryl methyl sites for hydroxylation is 1. The van der Waals surface area contributed by atoms with E-state index in [-0.39, 0.29) is 0 Å². The van der Waals surface area contributed by atoms with Crippen molar-refractivity contribution in [1.82, 2.24) is 0 Å². The van der Waals surface area contributed by atoms with Crippen molar-refractivity contribution in [3.8, 4) is 0 Å². The summed E-state index contributed by atoms with van der Waals surface area (Å²) in [4.78, 5) is 0. The molecular weight excluding hydrogens is 116 g/mol. The maximum atomic E-state index is 10.5. The van der Waals surface area contributed by atoms with E-state index >= 15 is 0 Å². The Hall–Kier alpha value is -1.25. The molecule has 0 aliphatic heterocycles. The van der Waals surface area contributed by atoms with Crippen molar-refractivity contribution >= 4 is 5.69 Å². The quantitative estimate of drug-likeness (QED) is 0.397. The van der Waals surface area contributed by atoms with Crippen LogP contribution >= 0.6 is 0 Å². The second-order valence-electron chi connectivity index (χ2n) is 1.94. The minimum Gasteiger partial charge on any atom is -0.619 e. The van der Waals surface area contributed by atoms with Crippen molar-refractivity contribution in [3.05, 3.63) is 29.2 Å². The zero-order chi connectivity index (χ0) is 6.85. The van der Waals surface area contributed by atoms with E-state index in [9.17, 15) is 5.21 Å². The molecule has 1 aromatic heterocycles. The van der Waals surface area contributed by atoms with E-state index in [1.54, 1.807) is 13.0 Å². The molecule has 0 atom stereocenters. The van der Waals surface area contributed by atoms with Gasteiger partial charge in [-0.3, -0.25) is 0 Å². The highest BCUT2D eigenvalue weighted by Gasteiger charge is 1.94. The van der Waals surface area contributed by atoms with Crippen LogP contribution in [-0.4, -0.2) is 0 Å². The third kappa shape index (κ3) is 1.10. The number of nitrogens with two attached hydrogens (primary N) is 1. The first kappa shape index (κ1) is 5.88. The van der Waals surface area contributed by atoms with E-state index in [0.29, 0.717) is 5.69 Å². The van der Waals surface area contributed by atoms with Crippen molar-refractivity contribution in [2.45, 2.75) is 6.92 Å². The molecule has 0 radical (unpaired) electrons. The number of nitrogen functional groups attached to an aromatic ring is 1. The van der Waals surface area contributed by atoms with Gasteiger partial charge in [0.05, 0.1) is 0 Å². The molecule has 1 heterocycles. The summed E-state index contributed by atoms with van der Waals surface area (Å²) in [7, 11) is 0. The van der Waals surface area contributed by atoms with Crippen LogP contribution in [0.15, 0.2) is 18.5 Å². The Morgan fingerprint density at radius 3 is 2.78 bits per heavy atom. The van der Waals surface area contributed by atoms with Crippen LogP contribution in [0, 0.1) is 12.1 Å². The Morgan fingerprint density at radius 1 is 1.67 bits per heavy atom. The van der Waals surface area contributed by atoms with Gasteiger partial charge < -0.3 is 10.9 Å². The molecule has 0 spiro atoms. The van der Waals surface area contributed by atoms with Gasteiger partial charge >= 0.3 is 0 Å². The first-order valence-electron chi connectivity index (χ1n) is 2.65. The number of rotatable bonds is 0. The topological polar surface area (TPSA) is 53.0 Å². The van der Waals surface area contributed by atoms with Crippen LogP contribution in [0.4, 0.5) is 5.69 Å². The van der Waals surface area contributed by atoms with Crippen LogP contribution < -0.4 is 10.5 Å². The first-order valence-corrected chi connectivity index (χ1v) is 2.65. The van der Waals surface area contributed by atoms with Crippen molar-refractivity contribution in [1.29, 1.82) is 0 Å². The van der Waals surface area contributed by atoms with Gasteiger partial charge in [0.1, 0.15) is 0 Å². The third-order valence-corrected chi connectivity index (χ3v) is 1.18. The predicted molar refractivity (Wildman–Crippen MR) is 34.6 cm³/mol. The molecule has 0 amide bonds. The van der Waals surface area contributed by atoms with Crippen LogP contribution in [0.3, 0.4) is 0 Å². The normalized spacial score (nSPS) is 9.44. The summed E-state index contributed by atoms with van der Waals surface area (Å²) in [6.07, 6.45) is 2.82. The van der Waals surface area contributed by atoms with E-state index in [1.165, 1.54) is 12.4 Å². The lowest BCUT2D eigenvalue weighted by Crippen LogP contribution is -2.24. The smallest absolute Gasteiger partial charge is 0.185 e. The molecule has 9 heavy (non-hydrogen) atoms. The van der Waals surface area contributed by atoms with Crippen LogP contribution in [0.1, 0.15) is 5.56 Å². The predicted octanol–water partition coefficient (Wildman–Crippen LogP) is 0.211. The van der Waals surface area contributed by atoms with Gasteiger partial charge in [-0.2, -0.15) is 4.73 Å². The largest absolute Gasteiger partial charge is 0.619 e. The first-order chi connectivity index (χ1) is 4.20. The van der Waals surface area contributed by atoms with Crippen LogP contribution in [0.2, 0.25) is 0 Å². The molecule has 0 aliphatic carbocycles. The Kier molecular flexibility index (Phi) is 1.26. The highest BCUT2D eigenvalue weighted by atomic mass is 16.5. The lowest BCUT2D eigenvalue weighted by atomic mass is 10.3. The summed E-state index contributed by atoms with van der Waals surface area (Å²) >= 11 is 0. The monoisotopic (exact) mass is 124 g/mol. The molecular formula is C6H8N2O. The third-order valence-electron chi connectivity index (χ3n) is 1.18. The molecule has 3 nitrogen and oxygen atoms in total. The average molecular weight is 124 g/mol. The summed E-state index contributed by atoms with van der Waals surface area (Å²) < 4.78 is 0.728. The number of anilines is 1. The fourth-order valence-corrected chi connectivity index (χ4v) is 0.594. The number of aromatic nitrogens is 1. The van der Waals surface area contributed by atoms with E-state index in [1.807, 2.05) is 0 Å². The maximum absolute atomic E-state index is 10.5. The van der Waals surface area contributed by atoms with Gasteiger partial charge in [-0.25, -0.2) is 0 Å². The van der Waals surface area contributed by atoms with Gasteiger partial charge in [-0.1, -0.05) is 0 Å². The number of hydrogen-bond acceptors (Lipinski definition) is 2. The SMILES string of the molecule is Cc1c[n+]([O-])ccc1N. The second kappa shape index (κ2) is 1.93. The lowest BCUT2D eigenvalue weighted by molar-refractivity contribution is -0.605. The van der Waals surface area contributed by atoms with Gasteiger partial charge in [0, 0.05) is 17.3 Å². The number of hydrogen-bond donors (Lipinski definition) is 1. The number of pyridine rings is 1. The molecule has 0 bridgehead atoms. The molecule has 0 saturated carbocycles. The Labute approximate surface area is 53.3 Å². The van der Waals surface area contributed by atoms with Gasteiger partial charge in [-0.05, 0) is 6.92 Å². The maximum Gasteiger partial charge on any atom is 0.185 e. The highest BCUT2D eigenvalue weighted by molar-refractivity contribution is 5.41. The molecule has 0 unspecified atom stereocenters. The zero-order valence-electron chi connectivity index (χ0n) is 5.16. The molecule has 1 aromatic rings. The summed E-state index contributed by atoms with van der Waals surface area (Å²) in [5, 5.41) is 10.5. The van der Waals surface area contributed by atoms with Crippen molar-refractivity contribution in [3.63, 3.8) is 0 Å². The van der Waals surface area contributed by atoms with Crippen molar-refractivity contribution in [2.24, 2.45) is 0 Å². The Balaban J connectivity index is 3.17. The highest BCUT2D eigenvalue weighted by Crippen LogP contribution is 2.03. The van der Waals surface area contributed by atoms with Crippen LogP contribution in [0.25, 0.3) is 0 Å². The molecule has 2 N–H and O–H groups in total. The molecule has 0 aromatic carbocycles. The molecule has 0 fully saturated rings. The van der Waals surface area contributed by atoms with Gasteiger partial charge in [0.15, 0.2) is 12.4 Å². The van der Waals surface area contributed by atoms with E-state index < -0.39 is 0 Å². The molecule has 0 saturated heterocycles. The van der Waals surface area contributed by atoms with Crippen molar-refractivity contribution < 1.29 is 4.73 Å². The zero-order valence-corrected chi connectivity index (χ0v) is 5.16. The fourth-order valence-electron chi connectivity index (χ4n) is 0.594. The lowest BCUT2D eigenvalue weighted by Gasteiger charge is -1.97. The summed E-state index contributed by atoms with van der Waals surface area (Å²) in [5.41, 5.74) is 6.90. The van der Waals surface area contributed by atoms with E-state index in [2.05, 4.69) is 0 Å². The van der Waals surface area contributed by atoms with E-state index in [0.717, 1.165) is 10.3 Å². The summed E-state index contributed by atoms with van der Waals surface area (Å²) in [6.45, 7) is 1.80. The number of nitrogens with zero attached hydrogens (tertiary/aromatic N) is 1. The van der Waals surface area contributed by atoms with Gasteiger partial charge in [0.25, 0.3) is 0 Å². The minimum absolute atomic E-state index is 0.655. The molecule has 48 valence electrons. The Bertz CT molecular complexity index is 222. The molecule has 3 heteroatoms. The second-order valence-corrected chi connectivity index (χ2v) is 1.94. The molecule has 1 rings (SSSR count). The van der Waals surface area contributed by atoms with Gasteiger partial charge in [-0.15, -0.1) is 0 Å². The standard InChI is InChI=1S/C6H8N2O/c1-5-4-8(9)3-2-6(5)7/h2-4H,7H2,1H3. The van der Waals surface area contributed by atoms with Crippen LogP contribution in [-0.2, 0) is 0 Å². The van der Waals surface area contributed by atoms with Crippen molar-refractivity contribution in [2.75, 3.05) is 5.73 Å². The van der Waals surface area contributed by atoms with Crippen LogP contribution in [0.5, 0.6) is 0 Å². The average Bonchev–Trinajstić information content (AvgIpc) is 1.80.